The van der Waals surface area contributed by atoms with Gasteiger partial charge in [0.2, 0.25) is 0 Å². The van der Waals surface area contributed by atoms with Gasteiger partial charge in [0, 0.05) is 10.7 Å². The van der Waals surface area contributed by atoms with E-state index in [1.165, 1.54) is 0 Å². The lowest BCUT2D eigenvalue weighted by atomic mass is 10.3. The van der Waals surface area contributed by atoms with Crippen molar-refractivity contribution in [1.29, 1.82) is 0 Å². The summed E-state index contributed by atoms with van der Waals surface area (Å²) in [6.45, 7) is -0.0729. The Morgan fingerprint density at radius 2 is 1.68 bits per heavy atom. The molecule has 0 aliphatic rings. The Hall–Kier alpha value is -3.05. The van der Waals surface area contributed by atoms with Gasteiger partial charge in [-0.25, -0.2) is 4.98 Å². The minimum atomic E-state index is -0.269. The number of benzene rings is 2. The Kier molecular flexibility index (Phi) is 5.49. The third-order valence-corrected chi connectivity index (χ3v) is 3.53. The van der Waals surface area contributed by atoms with Crippen molar-refractivity contribution >= 4 is 34.7 Å². The van der Waals surface area contributed by atoms with Gasteiger partial charge < -0.3 is 15.4 Å². The number of ether oxygens (including phenoxy) is 1. The van der Waals surface area contributed by atoms with Crippen LogP contribution in [-0.4, -0.2) is 17.5 Å². The molecule has 0 bridgehead atoms. The first kappa shape index (κ1) is 16.8. The number of rotatable bonds is 6. The van der Waals surface area contributed by atoms with Gasteiger partial charge in [-0.3, -0.25) is 4.79 Å². The second-order valence-electron chi connectivity index (χ2n) is 5.21. The first-order valence-corrected chi connectivity index (χ1v) is 8.03. The van der Waals surface area contributed by atoms with Crippen molar-refractivity contribution in [3.05, 3.63) is 77.9 Å². The standard InChI is InChI=1S/C19H16ClN3O2/c20-14-6-8-15(9-7-14)22-16-10-11-18(21-12-16)23-19(24)13-25-17-4-2-1-3-5-17/h1-12,22H,13H2,(H,21,23,24). The molecular weight excluding hydrogens is 338 g/mol. The van der Waals surface area contributed by atoms with Crippen molar-refractivity contribution in [2.75, 3.05) is 17.2 Å². The molecule has 3 aromatic rings. The van der Waals surface area contributed by atoms with Crippen LogP contribution < -0.4 is 15.4 Å². The molecule has 5 nitrogen and oxygen atoms in total. The Morgan fingerprint density at radius 1 is 0.960 bits per heavy atom. The molecule has 0 aliphatic carbocycles. The van der Waals surface area contributed by atoms with Gasteiger partial charge in [-0.1, -0.05) is 29.8 Å². The number of carbonyl (C=O) groups is 1. The quantitative estimate of drug-likeness (QED) is 0.685. The number of carbonyl (C=O) groups excluding carboxylic acids is 1. The molecule has 25 heavy (non-hydrogen) atoms. The molecule has 6 heteroatoms. The maximum atomic E-state index is 11.9. The van der Waals surface area contributed by atoms with Gasteiger partial charge in [0.05, 0.1) is 11.9 Å². The highest BCUT2D eigenvalue weighted by Gasteiger charge is 2.05. The normalized spacial score (nSPS) is 10.1. The number of amides is 1. The van der Waals surface area contributed by atoms with Crippen LogP contribution in [0.25, 0.3) is 0 Å². The van der Waals surface area contributed by atoms with Crippen LogP contribution in [-0.2, 0) is 4.79 Å². The smallest absolute Gasteiger partial charge is 0.263 e. The zero-order valence-electron chi connectivity index (χ0n) is 13.3. The zero-order valence-corrected chi connectivity index (χ0v) is 14.0. The molecule has 1 heterocycles. The van der Waals surface area contributed by atoms with Crippen LogP contribution in [0.4, 0.5) is 17.2 Å². The summed E-state index contributed by atoms with van der Waals surface area (Å²) < 4.78 is 5.39. The summed E-state index contributed by atoms with van der Waals surface area (Å²) in [6.07, 6.45) is 1.64. The second kappa shape index (κ2) is 8.17. The molecule has 1 amide bonds. The molecule has 0 aliphatic heterocycles. The van der Waals surface area contributed by atoms with E-state index in [2.05, 4.69) is 15.6 Å². The van der Waals surface area contributed by atoms with E-state index in [0.717, 1.165) is 11.4 Å². The topological polar surface area (TPSA) is 63.2 Å². The number of nitrogens with zero attached hydrogens (tertiary/aromatic N) is 1. The molecular formula is C19H16ClN3O2. The summed E-state index contributed by atoms with van der Waals surface area (Å²) in [4.78, 5) is 16.1. The lowest BCUT2D eigenvalue weighted by molar-refractivity contribution is -0.118. The van der Waals surface area contributed by atoms with Crippen molar-refractivity contribution in [1.82, 2.24) is 4.98 Å². The molecule has 0 saturated heterocycles. The van der Waals surface area contributed by atoms with Crippen molar-refractivity contribution in [2.24, 2.45) is 0 Å². The average molecular weight is 354 g/mol. The Morgan fingerprint density at radius 3 is 2.36 bits per heavy atom. The van der Waals surface area contributed by atoms with Gasteiger partial charge in [-0.05, 0) is 48.5 Å². The van der Waals surface area contributed by atoms with Gasteiger partial charge in [0.1, 0.15) is 11.6 Å². The van der Waals surface area contributed by atoms with Gasteiger partial charge in [-0.2, -0.15) is 0 Å². The fraction of sp³-hybridized carbons (Fsp3) is 0.0526. The number of anilines is 3. The molecule has 0 saturated carbocycles. The first-order chi connectivity index (χ1) is 12.2. The highest BCUT2D eigenvalue weighted by Crippen LogP contribution is 2.19. The van der Waals surface area contributed by atoms with E-state index >= 15 is 0 Å². The van der Waals surface area contributed by atoms with E-state index in [9.17, 15) is 4.79 Å². The Balaban J connectivity index is 1.51. The van der Waals surface area contributed by atoms with Crippen LogP contribution in [0.2, 0.25) is 5.02 Å². The third kappa shape index (κ3) is 5.22. The maximum absolute atomic E-state index is 11.9. The number of para-hydroxylation sites is 1. The molecule has 2 aromatic carbocycles. The molecule has 0 fully saturated rings. The number of pyridine rings is 1. The predicted octanol–water partition coefficient (Wildman–Crippen LogP) is 4.50. The van der Waals surface area contributed by atoms with Crippen LogP contribution in [0.5, 0.6) is 5.75 Å². The average Bonchev–Trinajstić information content (AvgIpc) is 2.64. The second-order valence-corrected chi connectivity index (χ2v) is 5.65. The van der Waals surface area contributed by atoms with Crippen LogP contribution >= 0.6 is 11.6 Å². The minimum Gasteiger partial charge on any atom is -0.484 e. The highest BCUT2D eigenvalue weighted by atomic mass is 35.5. The molecule has 3 rings (SSSR count). The molecule has 1 aromatic heterocycles. The van der Waals surface area contributed by atoms with Crippen molar-refractivity contribution < 1.29 is 9.53 Å². The molecule has 0 unspecified atom stereocenters. The monoisotopic (exact) mass is 353 g/mol. The van der Waals surface area contributed by atoms with Crippen molar-refractivity contribution in [2.45, 2.75) is 0 Å². The predicted molar refractivity (Wildman–Crippen MR) is 99.5 cm³/mol. The largest absolute Gasteiger partial charge is 0.484 e. The first-order valence-electron chi connectivity index (χ1n) is 7.65. The van der Waals surface area contributed by atoms with E-state index in [1.807, 2.05) is 36.4 Å². The summed E-state index contributed by atoms with van der Waals surface area (Å²) in [5.41, 5.74) is 1.71. The molecule has 0 atom stereocenters. The van der Waals surface area contributed by atoms with Crippen LogP contribution in [0.15, 0.2) is 72.9 Å². The summed E-state index contributed by atoms with van der Waals surface area (Å²) in [5.74, 6) is 0.839. The van der Waals surface area contributed by atoms with E-state index in [4.69, 9.17) is 16.3 Å². The van der Waals surface area contributed by atoms with Crippen molar-refractivity contribution in [3.63, 3.8) is 0 Å². The number of nitrogens with one attached hydrogen (secondary N) is 2. The number of halogens is 1. The van der Waals surface area contributed by atoms with E-state index in [0.29, 0.717) is 16.6 Å². The van der Waals surface area contributed by atoms with Crippen LogP contribution in [0.3, 0.4) is 0 Å². The lowest BCUT2D eigenvalue weighted by Crippen LogP contribution is -2.20. The zero-order chi connectivity index (χ0) is 17.5. The highest BCUT2D eigenvalue weighted by molar-refractivity contribution is 6.30. The molecule has 0 radical (unpaired) electrons. The minimum absolute atomic E-state index is 0.0729. The van der Waals surface area contributed by atoms with Gasteiger partial charge in [-0.15, -0.1) is 0 Å². The molecule has 2 N–H and O–H groups in total. The van der Waals surface area contributed by atoms with Crippen LogP contribution in [0, 0.1) is 0 Å². The Bertz CT molecular complexity index is 822. The summed E-state index contributed by atoms with van der Waals surface area (Å²) in [7, 11) is 0. The van der Waals surface area contributed by atoms with Gasteiger partial charge in [0.25, 0.3) is 5.91 Å². The van der Waals surface area contributed by atoms with Crippen LogP contribution in [0.1, 0.15) is 0 Å². The lowest BCUT2D eigenvalue weighted by Gasteiger charge is -2.09. The summed E-state index contributed by atoms with van der Waals surface area (Å²) in [5, 5.41) is 6.57. The SMILES string of the molecule is O=C(COc1ccccc1)Nc1ccc(Nc2ccc(Cl)cc2)cn1. The number of aromatic nitrogens is 1. The van der Waals surface area contributed by atoms with Crippen molar-refractivity contribution in [3.8, 4) is 5.75 Å². The summed E-state index contributed by atoms with van der Waals surface area (Å²) >= 11 is 5.86. The Labute approximate surface area is 150 Å². The third-order valence-electron chi connectivity index (χ3n) is 3.28. The number of hydrogen-bond donors (Lipinski definition) is 2. The van der Waals surface area contributed by atoms with E-state index < -0.39 is 0 Å². The fourth-order valence-corrected chi connectivity index (χ4v) is 2.21. The maximum Gasteiger partial charge on any atom is 0.263 e. The molecule has 126 valence electrons. The summed E-state index contributed by atoms with van der Waals surface area (Å²) in [6, 6.07) is 20.1. The van der Waals surface area contributed by atoms with Gasteiger partial charge >= 0.3 is 0 Å². The van der Waals surface area contributed by atoms with E-state index in [1.54, 1.807) is 36.5 Å². The van der Waals surface area contributed by atoms with E-state index in [-0.39, 0.29) is 12.5 Å². The fourth-order valence-electron chi connectivity index (χ4n) is 2.09. The molecule has 0 spiro atoms. The number of hydrogen-bond acceptors (Lipinski definition) is 4. The van der Waals surface area contributed by atoms with Gasteiger partial charge in [0.15, 0.2) is 6.61 Å².